The van der Waals surface area contributed by atoms with Gasteiger partial charge in [0.05, 0.1) is 10.7 Å². The van der Waals surface area contributed by atoms with Crippen LogP contribution in [0.4, 0.5) is 5.69 Å². The van der Waals surface area contributed by atoms with Crippen LogP contribution in [0, 0.1) is 0 Å². The molecule has 0 N–H and O–H groups in total. The summed E-state index contributed by atoms with van der Waals surface area (Å²) in [6, 6.07) is 24.7. The molecule has 0 unspecified atom stereocenters. The van der Waals surface area contributed by atoms with Gasteiger partial charge >= 0.3 is 0 Å². The van der Waals surface area contributed by atoms with Crippen LogP contribution >= 0.6 is 11.6 Å². The molecular weight excluding hydrogens is 346 g/mol. The Morgan fingerprint density at radius 1 is 0.885 bits per heavy atom. The number of amides is 1. The topological polar surface area (TPSA) is 33.5 Å². The summed E-state index contributed by atoms with van der Waals surface area (Å²) in [5.74, 6) is 0.639. The van der Waals surface area contributed by atoms with Gasteiger partial charge in [-0.3, -0.25) is 4.79 Å². The fourth-order valence-electron chi connectivity index (χ4n) is 3.03. The fourth-order valence-corrected chi connectivity index (χ4v) is 3.26. The second-order valence-electron chi connectivity index (χ2n) is 6.01. The van der Waals surface area contributed by atoms with Crippen molar-refractivity contribution >= 4 is 34.0 Å². The molecule has 0 spiro atoms. The Bertz CT molecular complexity index is 1090. The number of fused-ring (bicyclic) bond motifs is 1. The van der Waals surface area contributed by atoms with Gasteiger partial charge in [-0.25, -0.2) is 0 Å². The molecule has 0 aliphatic rings. The standard InChI is InChI=1S/C22H16ClNO2/c1-24(19-12-6-8-15-7-2-3-9-16(15)19)22(25)21-14-13-20(26-21)17-10-4-5-11-18(17)23/h2-14H,1H3. The van der Waals surface area contributed by atoms with E-state index in [-0.39, 0.29) is 11.7 Å². The molecule has 1 amide bonds. The van der Waals surface area contributed by atoms with Crippen LogP contribution in [0.25, 0.3) is 22.1 Å². The lowest BCUT2D eigenvalue weighted by Gasteiger charge is -2.18. The zero-order valence-electron chi connectivity index (χ0n) is 14.1. The first-order valence-electron chi connectivity index (χ1n) is 8.26. The summed E-state index contributed by atoms with van der Waals surface area (Å²) in [6.45, 7) is 0. The normalized spacial score (nSPS) is 10.8. The summed E-state index contributed by atoms with van der Waals surface area (Å²) in [4.78, 5) is 14.5. The van der Waals surface area contributed by atoms with Gasteiger partial charge in [0.25, 0.3) is 5.91 Å². The minimum absolute atomic E-state index is 0.209. The predicted molar refractivity (Wildman–Crippen MR) is 106 cm³/mol. The third-order valence-corrected chi connectivity index (χ3v) is 4.72. The number of furan rings is 1. The molecule has 26 heavy (non-hydrogen) atoms. The van der Waals surface area contributed by atoms with E-state index in [1.807, 2.05) is 60.7 Å². The number of rotatable bonds is 3. The Kier molecular flexibility index (Phi) is 4.23. The molecule has 4 rings (SSSR count). The van der Waals surface area contributed by atoms with E-state index in [2.05, 4.69) is 0 Å². The molecule has 4 heteroatoms. The van der Waals surface area contributed by atoms with Gasteiger partial charge < -0.3 is 9.32 Å². The van der Waals surface area contributed by atoms with Crippen LogP contribution in [0.1, 0.15) is 10.6 Å². The lowest BCUT2D eigenvalue weighted by atomic mass is 10.1. The van der Waals surface area contributed by atoms with Crippen molar-refractivity contribution < 1.29 is 9.21 Å². The number of benzene rings is 3. The fraction of sp³-hybridized carbons (Fsp3) is 0.0455. The quantitative estimate of drug-likeness (QED) is 0.446. The van der Waals surface area contributed by atoms with Gasteiger partial charge in [0, 0.05) is 18.0 Å². The highest BCUT2D eigenvalue weighted by molar-refractivity contribution is 6.33. The van der Waals surface area contributed by atoms with Gasteiger partial charge in [-0.15, -0.1) is 0 Å². The highest BCUT2D eigenvalue weighted by atomic mass is 35.5. The predicted octanol–water partition coefficient (Wildman–Crippen LogP) is 6.03. The van der Waals surface area contributed by atoms with Gasteiger partial charge in [0.2, 0.25) is 0 Å². The van der Waals surface area contributed by atoms with Crippen LogP contribution in [0.5, 0.6) is 0 Å². The second kappa shape index (κ2) is 6.70. The molecule has 1 heterocycles. The monoisotopic (exact) mass is 361 g/mol. The van der Waals surface area contributed by atoms with Crippen LogP contribution in [-0.2, 0) is 0 Å². The van der Waals surface area contributed by atoms with Crippen molar-refractivity contribution in [1.29, 1.82) is 0 Å². The van der Waals surface area contributed by atoms with Crippen LogP contribution in [0.15, 0.2) is 83.3 Å². The average Bonchev–Trinajstić information content (AvgIpc) is 3.16. The zero-order chi connectivity index (χ0) is 18.1. The van der Waals surface area contributed by atoms with Gasteiger partial charge in [-0.05, 0) is 35.7 Å². The molecule has 0 saturated carbocycles. The third kappa shape index (κ3) is 2.87. The van der Waals surface area contributed by atoms with E-state index < -0.39 is 0 Å². The van der Waals surface area contributed by atoms with Gasteiger partial charge in [0.1, 0.15) is 5.76 Å². The van der Waals surface area contributed by atoms with Gasteiger partial charge in [-0.1, -0.05) is 60.1 Å². The van der Waals surface area contributed by atoms with Gasteiger partial charge in [0.15, 0.2) is 5.76 Å². The smallest absolute Gasteiger partial charge is 0.293 e. The van der Waals surface area contributed by atoms with E-state index >= 15 is 0 Å². The lowest BCUT2D eigenvalue weighted by molar-refractivity contribution is 0.0967. The Morgan fingerprint density at radius 3 is 2.46 bits per heavy atom. The first-order valence-corrected chi connectivity index (χ1v) is 8.63. The second-order valence-corrected chi connectivity index (χ2v) is 6.41. The van der Waals surface area contributed by atoms with Crippen LogP contribution in [-0.4, -0.2) is 13.0 Å². The van der Waals surface area contributed by atoms with E-state index in [9.17, 15) is 4.79 Å². The third-order valence-electron chi connectivity index (χ3n) is 4.39. The zero-order valence-corrected chi connectivity index (χ0v) is 14.9. The number of carbonyl (C=O) groups excluding carboxylic acids is 1. The van der Waals surface area contributed by atoms with Crippen molar-refractivity contribution in [2.45, 2.75) is 0 Å². The maximum absolute atomic E-state index is 12.9. The molecule has 3 nitrogen and oxygen atoms in total. The van der Waals surface area contributed by atoms with E-state index in [1.54, 1.807) is 30.1 Å². The molecule has 0 radical (unpaired) electrons. The Hall–Kier alpha value is -3.04. The van der Waals surface area contributed by atoms with E-state index in [1.165, 1.54) is 0 Å². The molecule has 128 valence electrons. The summed E-state index contributed by atoms with van der Waals surface area (Å²) in [5.41, 5.74) is 1.60. The molecule has 0 aliphatic heterocycles. The van der Waals surface area contributed by atoms with Crippen molar-refractivity contribution in [3.63, 3.8) is 0 Å². The van der Waals surface area contributed by atoms with Crippen molar-refractivity contribution in [3.05, 3.63) is 89.6 Å². The largest absolute Gasteiger partial charge is 0.451 e. The molecule has 3 aromatic carbocycles. The SMILES string of the molecule is CN(C(=O)c1ccc(-c2ccccc2Cl)o1)c1cccc2ccccc12. The average molecular weight is 362 g/mol. The molecular formula is C22H16ClNO2. The Labute approximate surface area is 156 Å². The number of anilines is 1. The highest BCUT2D eigenvalue weighted by Gasteiger charge is 2.20. The summed E-state index contributed by atoms with van der Waals surface area (Å²) < 4.78 is 5.79. The first kappa shape index (κ1) is 16.4. The van der Waals surface area contributed by atoms with E-state index in [0.717, 1.165) is 22.0 Å². The Morgan fingerprint density at radius 2 is 1.62 bits per heavy atom. The summed E-state index contributed by atoms with van der Waals surface area (Å²) in [7, 11) is 1.75. The molecule has 0 bridgehead atoms. The molecule has 1 aromatic heterocycles. The lowest BCUT2D eigenvalue weighted by Crippen LogP contribution is -2.25. The molecule has 0 atom stereocenters. The number of carbonyl (C=O) groups is 1. The summed E-state index contributed by atoms with van der Waals surface area (Å²) in [6.07, 6.45) is 0. The number of halogens is 1. The maximum Gasteiger partial charge on any atom is 0.293 e. The molecule has 4 aromatic rings. The van der Waals surface area contributed by atoms with Crippen molar-refractivity contribution in [2.24, 2.45) is 0 Å². The highest BCUT2D eigenvalue weighted by Crippen LogP contribution is 2.31. The molecule has 0 saturated heterocycles. The van der Waals surface area contributed by atoms with Crippen LogP contribution in [0.2, 0.25) is 5.02 Å². The van der Waals surface area contributed by atoms with Crippen molar-refractivity contribution in [1.82, 2.24) is 0 Å². The van der Waals surface area contributed by atoms with Crippen LogP contribution < -0.4 is 4.90 Å². The first-order chi connectivity index (χ1) is 12.6. The molecule has 0 aliphatic carbocycles. The molecule has 0 fully saturated rings. The van der Waals surface area contributed by atoms with Crippen molar-refractivity contribution in [3.8, 4) is 11.3 Å². The van der Waals surface area contributed by atoms with E-state index in [0.29, 0.717) is 10.8 Å². The summed E-state index contributed by atoms with van der Waals surface area (Å²) in [5, 5.41) is 2.69. The number of hydrogen-bond acceptors (Lipinski definition) is 2. The number of hydrogen-bond donors (Lipinski definition) is 0. The minimum Gasteiger partial charge on any atom is -0.451 e. The van der Waals surface area contributed by atoms with Crippen molar-refractivity contribution in [2.75, 3.05) is 11.9 Å². The minimum atomic E-state index is -0.209. The van der Waals surface area contributed by atoms with E-state index in [4.69, 9.17) is 16.0 Å². The summed E-state index contributed by atoms with van der Waals surface area (Å²) >= 11 is 6.22. The maximum atomic E-state index is 12.9. The van der Waals surface area contributed by atoms with Crippen LogP contribution in [0.3, 0.4) is 0 Å². The van der Waals surface area contributed by atoms with Gasteiger partial charge in [-0.2, -0.15) is 0 Å². The Balaban J connectivity index is 1.69. The number of nitrogens with zero attached hydrogens (tertiary/aromatic N) is 1.